The van der Waals surface area contributed by atoms with Gasteiger partial charge in [-0.3, -0.25) is 0 Å². The zero-order valence-electron chi connectivity index (χ0n) is 10.2. The van der Waals surface area contributed by atoms with Gasteiger partial charge in [0.25, 0.3) is 0 Å². The lowest BCUT2D eigenvalue weighted by Gasteiger charge is -2.13. The zero-order chi connectivity index (χ0) is 11.3. The molecule has 15 heavy (non-hydrogen) atoms. The summed E-state index contributed by atoms with van der Waals surface area (Å²) in [6.07, 6.45) is 3.84. The van der Waals surface area contributed by atoms with Crippen LogP contribution in [0.4, 0.5) is 0 Å². The van der Waals surface area contributed by atoms with Gasteiger partial charge in [0.05, 0.1) is 12.0 Å². The number of rotatable bonds is 6. The van der Waals surface area contributed by atoms with E-state index in [0.29, 0.717) is 6.04 Å². The van der Waals surface area contributed by atoms with Crippen molar-refractivity contribution in [3.8, 4) is 0 Å². The number of hydrogen-bond acceptors (Lipinski definition) is 3. The fourth-order valence-electron chi connectivity index (χ4n) is 1.31. The normalized spacial score (nSPS) is 11.6. The first kappa shape index (κ1) is 12.2. The Morgan fingerprint density at radius 2 is 2.20 bits per heavy atom. The topological polar surface area (TPSA) is 33.1 Å². The fraction of sp³-hybridized carbons (Fsp3) is 0.727. The monoisotopic (exact) mass is 210 g/mol. The minimum Gasteiger partial charge on any atom is -0.332 e. The number of imidazole rings is 1. The summed E-state index contributed by atoms with van der Waals surface area (Å²) in [7, 11) is 4.17. The van der Waals surface area contributed by atoms with Crippen LogP contribution in [0.2, 0.25) is 0 Å². The van der Waals surface area contributed by atoms with Crippen LogP contribution < -0.4 is 5.32 Å². The van der Waals surface area contributed by atoms with E-state index >= 15 is 0 Å². The van der Waals surface area contributed by atoms with Crippen molar-refractivity contribution in [3.05, 3.63) is 18.2 Å². The number of aromatic nitrogens is 2. The summed E-state index contributed by atoms with van der Waals surface area (Å²) in [4.78, 5) is 6.36. The first-order valence-corrected chi connectivity index (χ1v) is 5.46. The van der Waals surface area contributed by atoms with Crippen molar-refractivity contribution >= 4 is 0 Å². The van der Waals surface area contributed by atoms with Crippen molar-refractivity contribution in [2.45, 2.75) is 33.0 Å². The Bertz CT molecular complexity index is 251. The molecule has 0 aliphatic rings. The van der Waals surface area contributed by atoms with Crippen LogP contribution in [-0.2, 0) is 13.1 Å². The van der Waals surface area contributed by atoms with Gasteiger partial charge in [-0.25, -0.2) is 4.98 Å². The molecule has 1 rings (SSSR count). The lowest BCUT2D eigenvalue weighted by atomic mass is 10.3. The summed E-state index contributed by atoms with van der Waals surface area (Å²) in [6, 6.07) is 0.516. The maximum absolute atomic E-state index is 4.18. The Morgan fingerprint density at radius 1 is 1.47 bits per heavy atom. The highest BCUT2D eigenvalue weighted by Crippen LogP contribution is 1.99. The molecule has 4 nitrogen and oxygen atoms in total. The number of hydrogen-bond donors (Lipinski definition) is 1. The maximum atomic E-state index is 4.18. The molecule has 1 N–H and O–H groups in total. The fourth-order valence-corrected chi connectivity index (χ4v) is 1.31. The number of likely N-dealkylation sites (N-methyl/N-ethyl adjacent to an activating group) is 1. The molecule has 0 unspecified atom stereocenters. The summed E-state index contributed by atoms with van der Waals surface area (Å²) in [6.45, 7) is 7.25. The summed E-state index contributed by atoms with van der Waals surface area (Å²) < 4.78 is 2.20. The van der Waals surface area contributed by atoms with E-state index in [2.05, 4.69) is 47.7 Å². The van der Waals surface area contributed by atoms with Crippen LogP contribution in [0, 0.1) is 0 Å². The van der Waals surface area contributed by atoms with Gasteiger partial charge in [0.15, 0.2) is 0 Å². The number of nitrogens with zero attached hydrogens (tertiary/aromatic N) is 3. The molecule has 0 aliphatic carbocycles. The molecule has 0 saturated heterocycles. The van der Waals surface area contributed by atoms with Crippen molar-refractivity contribution in [1.29, 1.82) is 0 Å². The molecule has 0 radical (unpaired) electrons. The van der Waals surface area contributed by atoms with E-state index in [4.69, 9.17) is 0 Å². The Balaban J connectivity index is 2.46. The molecule has 1 aromatic heterocycles. The summed E-state index contributed by atoms with van der Waals surface area (Å²) in [5.74, 6) is 0. The van der Waals surface area contributed by atoms with E-state index in [1.54, 1.807) is 0 Å². The molecule has 4 heteroatoms. The molecule has 0 aromatic carbocycles. The van der Waals surface area contributed by atoms with E-state index in [1.165, 1.54) is 5.69 Å². The van der Waals surface area contributed by atoms with Gasteiger partial charge in [-0.05, 0) is 14.1 Å². The average molecular weight is 210 g/mol. The molecule has 0 atom stereocenters. The first-order valence-electron chi connectivity index (χ1n) is 5.46. The molecule has 86 valence electrons. The molecule has 0 aliphatic heterocycles. The molecule has 0 saturated carbocycles. The molecule has 0 bridgehead atoms. The Labute approximate surface area is 92.3 Å². The van der Waals surface area contributed by atoms with Gasteiger partial charge in [0, 0.05) is 31.9 Å². The molecule has 1 heterocycles. The lowest BCUT2D eigenvalue weighted by Crippen LogP contribution is -2.25. The highest BCUT2D eigenvalue weighted by atomic mass is 15.1. The van der Waals surface area contributed by atoms with Gasteiger partial charge in [0.1, 0.15) is 0 Å². The van der Waals surface area contributed by atoms with Crippen LogP contribution in [-0.4, -0.2) is 41.1 Å². The average Bonchev–Trinajstić information content (AvgIpc) is 2.58. The second-order valence-corrected chi connectivity index (χ2v) is 4.42. The van der Waals surface area contributed by atoms with Crippen LogP contribution in [0.25, 0.3) is 0 Å². The highest BCUT2D eigenvalue weighted by Gasteiger charge is 2.02. The van der Waals surface area contributed by atoms with Gasteiger partial charge in [-0.2, -0.15) is 0 Å². The van der Waals surface area contributed by atoms with Gasteiger partial charge in [-0.1, -0.05) is 13.8 Å². The van der Waals surface area contributed by atoms with E-state index in [9.17, 15) is 0 Å². The van der Waals surface area contributed by atoms with Gasteiger partial charge < -0.3 is 14.8 Å². The van der Waals surface area contributed by atoms with E-state index in [-0.39, 0.29) is 0 Å². The minimum atomic E-state index is 0.516. The molecular weight excluding hydrogens is 188 g/mol. The van der Waals surface area contributed by atoms with Crippen molar-refractivity contribution in [3.63, 3.8) is 0 Å². The first-order chi connectivity index (χ1) is 7.09. The van der Waals surface area contributed by atoms with Gasteiger partial charge >= 0.3 is 0 Å². The zero-order valence-corrected chi connectivity index (χ0v) is 10.2. The quantitative estimate of drug-likeness (QED) is 0.758. The Morgan fingerprint density at radius 3 is 2.80 bits per heavy atom. The van der Waals surface area contributed by atoms with E-state index in [1.807, 2.05) is 12.5 Å². The van der Waals surface area contributed by atoms with Gasteiger partial charge in [0.2, 0.25) is 0 Å². The largest absolute Gasteiger partial charge is 0.332 e. The molecule has 0 amide bonds. The van der Waals surface area contributed by atoms with E-state index in [0.717, 1.165) is 19.6 Å². The van der Waals surface area contributed by atoms with E-state index < -0.39 is 0 Å². The van der Waals surface area contributed by atoms with Crippen molar-refractivity contribution in [2.75, 3.05) is 20.6 Å². The summed E-state index contributed by atoms with van der Waals surface area (Å²) >= 11 is 0. The molecule has 1 aromatic rings. The minimum absolute atomic E-state index is 0.516. The standard InChI is InChI=1S/C11H22N4/c1-10(2)13-8-11-7-12-9-15(11)6-5-14(3)4/h7,9-10,13H,5-6,8H2,1-4H3. The van der Waals surface area contributed by atoms with Crippen LogP contribution in [0.15, 0.2) is 12.5 Å². The van der Waals surface area contributed by atoms with Crippen molar-refractivity contribution < 1.29 is 0 Å². The predicted octanol–water partition coefficient (Wildman–Crippen LogP) is 0.943. The number of nitrogens with one attached hydrogen (secondary N) is 1. The van der Waals surface area contributed by atoms with Crippen molar-refractivity contribution in [2.24, 2.45) is 0 Å². The van der Waals surface area contributed by atoms with Crippen LogP contribution >= 0.6 is 0 Å². The summed E-state index contributed by atoms with van der Waals surface area (Å²) in [5.41, 5.74) is 1.26. The second-order valence-electron chi connectivity index (χ2n) is 4.42. The highest BCUT2D eigenvalue weighted by molar-refractivity contribution is 4.98. The van der Waals surface area contributed by atoms with Crippen LogP contribution in [0.1, 0.15) is 19.5 Å². The van der Waals surface area contributed by atoms with Crippen LogP contribution in [0.5, 0.6) is 0 Å². The SMILES string of the molecule is CC(C)NCc1cncn1CCN(C)C. The predicted molar refractivity (Wildman–Crippen MR) is 62.8 cm³/mol. The molecule has 0 fully saturated rings. The third-order valence-electron chi connectivity index (χ3n) is 2.28. The lowest BCUT2D eigenvalue weighted by molar-refractivity contribution is 0.379. The third-order valence-corrected chi connectivity index (χ3v) is 2.28. The third kappa shape index (κ3) is 4.44. The van der Waals surface area contributed by atoms with Crippen molar-refractivity contribution in [1.82, 2.24) is 19.8 Å². The smallest absolute Gasteiger partial charge is 0.0949 e. The Hall–Kier alpha value is -0.870. The maximum Gasteiger partial charge on any atom is 0.0949 e. The molecular formula is C11H22N4. The van der Waals surface area contributed by atoms with Gasteiger partial charge in [-0.15, -0.1) is 0 Å². The van der Waals surface area contributed by atoms with Crippen LogP contribution in [0.3, 0.4) is 0 Å². The second kappa shape index (κ2) is 5.88. The summed E-state index contributed by atoms with van der Waals surface area (Å²) in [5, 5.41) is 3.40. The Kier molecular flexibility index (Phi) is 4.78. The molecule has 0 spiro atoms.